The average Bonchev–Trinajstić information content (AvgIpc) is 3.08. The molecule has 0 radical (unpaired) electrons. The SMILES string of the molecule is CC(C)c1cc(NC(=O)CCSc2ccccc2F)n(-c2ncccn2)n1. The third kappa shape index (κ3) is 4.91. The molecular weight excluding hydrogens is 365 g/mol. The summed E-state index contributed by atoms with van der Waals surface area (Å²) in [5, 5.41) is 7.35. The molecule has 2 heterocycles. The van der Waals surface area contributed by atoms with Crippen LogP contribution in [0.15, 0.2) is 53.7 Å². The van der Waals surface area contributed by atoms with Gasteiger partial charge in [0.2, 0.25) is 5.91 Å². The van der Waals surface area contributed by atoms with Gasteiger partial charge in [0.25, 0.3) is 5.95 Å². The quantitative estimate of drug-likeness (QED) is 0.621. The maximum absolute atomic E-state index is 13.6. The molecule has 1 N–H and O–H groups in total. The van der Waals surface area contributed by atoms with E-state index < -0.39 is 0 Å². The van der Waals surface area contributed by atoms with Gasteiger partial charge < -0.3 is 5.32 Å². The number of amides is 1. The van der Waals surface area contributed by atoms with Crippen LogP contribution >= 0.6 is 11.8 Å². The number of hydrogen-bond donors (Lipinski definition) is 1. The number of nitrogens with one attached hydrogen (secondary N) is 1. The predicted octanol–water partition coefficient (Wildman–Crippen LogP) is 4.05. The molecule has 0 aliphatic rings. The first kappa shape index (κ1) is 19.0. The van der Waals surface area contributed by atoms with Gasteiger partial charge >= 0.3 is 0 Å². The number of thioether (sulfide) groups is 1. The summed E-state index contributed by atoms with van der Waals surface area (Å²) in [5.74, 6) is 1.13. The summed E-state index contributed by atoms with van der Waals surface area (Å²) in [7, 11) is 0. The first-order valence-electron chi connectivity index (χ1n) is 8.59. The zero-order valence-electron chi connectivity index (χ0n) is 15.1. The molecule has 3 aromatic rings. The molecule has 0 bridgehead atoms. The van der Waals surface area contributed by atoms with Gasteiger partial charge in [-0.25, -0.2) is 14.4 Å². The smallest absolute Gasteiger partial charge is 0.252 e. The molecule has 2 aromatic heterocycles. The van der Waals surface area contributed by atoms with Crippen molar-refractivity contribution in [3.05, 3.63) is 60.3 Å². The molecule has 1 aromatic carbocycles. The van der Waals surface area contributed by atoms with Crippen LogP contribution < -0.4 is 5.32 Å². The first-order chi connectivity index (χ1) is 13.0. The Morgan fingerprint density at radius 1 is 1.22 bits per heavy atom. The molecule has 0 fully saturated rings. The van der Waals surface area contributed by atoms with Crippen molar-refractivity contribution < 1.29 is 9.18 Å². The molecule has 0 aliphatic carbocycles. The van der Waals surface area contributed by atoms with E-state index in [0.29, 0.717) is 22.4 Å². The molecule has 6 nitrogen and oxygen atoms in total. The molecular formula is C19H20FN5OS. The van der Waals surface area contributed by atoms with Gasteiger partial charge in [0, 0.05) is 35.5 Å². The van der Waals surface area contributed by atoms with Crippen molar-refractivity contribution in [1.82, 2.24) is 19.7 Å². The highest BCUT2D eigenvalue weighted by atomic mass is 32.2. The lowest BCUT2D eigenvalue weighted by Crippen LogP contribution is -2.16. The Morgan fingerprint density at radius 2 is 1.96 bits per heavy atom. The highest BCUT2D eigenvalue weighted by molar-refractivity contribution is 7.99. The van der Waals surface area contributed by atoms with Crippen molar-refractivity contribution in [2.45, 2.75) is 31.1 Å². The lowest BCUT2D eigenvalue weighted by Gasteiger charge is -2.07. The second kappa shape index (κ2) is 8.77. The van der Waals surface area contributed by atoms with E-state index in [-0.39, 0.29) is 24.1 Å². The van der Waals surface area contributed by atoms with Crippen molar-refractivity contribution >= 4 is 23.5 Å². The Morgan fingerprint density at radius 3 is 2.67 bits per heavy atom. The largest absolute Gasteiger partial charge is 0.310 e. The van der Waals surface area contributed by atoms with Gasteiger partial charge in [-0.1, -0.05) is 26.0 Å². The summed E-state index contributed by atoms with van der Waals surface area (Å²) in [6.07, 6.45) is 3.49. The average molecular weight is 385 g/mol. The van der Waals surface area contributed by atoms with Gasteiger partial charge in [-0.05, 0) is 24.1 Å². The molecule has 0 saturated heterocycles. The van der Waals surface area contributed by atoms with Crippen molar-refractivity contribution in [3.8, 4) is 5.95 Å². The van der Waals surface area contributed by atoms with Crippen LogP contribution in [0, 0.1) is 5.82 Å². The number of benzene rings is 1. The summed E-state index contributed by atoms with van der Waals surface area (Å²) in [6, 6.07) is 10.1. The topological polar surface area (TPSA) is 72.7 Å². The number of aromatic nitrogens is 4. The van der Waals surface area contributed by atoms with Gasteiger partial charge in [0.15, 0.2) is 0 Å². The van der Waals surface area contributed by atoms with Crippen LogP contribution in [-0.4, -0.2) is 31.4 Å². The van der Waals surface area contributed by atoms with E-state index in [1.165, 1.54) is 22.5 Å². The Hall–Kier alpha value is -2.74. The number of carbonyl (C=O) groups excluding carboxylic acids is 1. The van der Waals surface area contributed by atoms with E-state index in [4.69, 9.17) is 0 Å². The van der Waals surface area contributed by atoms with Gasteiger partial charge in [0.05, 0.1) is 5.69 Å². The number of nitrogens with zero attached hydrogens (tertiary/aromatic N) is 4. The summed E-state index contributed by atoms with van der Waals surface area (Å²) in [6.45, 7) is 4.05. The second-order valence-electron chi connectivity index (χ2n) is 6.15. The van der Waals surface area contributed by atoms with Crippen LogP contribution in [0.1, 0.15) is 31.9 Å². The normalized spacial score (nSPS) is 11.0. The van der Waals surface area contributed by atoms with Crippen LogP contribution in [0.2, 0.25) is 0 Å². The summed E-state index contributed by atoms with van der Waals surface area (Å²) < 4.78 is 15.2. The molecule has 27 heavy (non-hydrogen) atoms. The van der Waals surface area contributed by atoms with Gasteiger partial charge in [-0.15, -0.1) is 11.8 Å². The van der Waals surface area contributed by atoms with Crippen molar-refractivity contribution in [1.29, 1.82) is 0 Å². The third-order valence-electron chi connectivity index (χ3n) is 3.75. The van der Waals surface area contributed by atoms with Crippen molar-refractivity contribution in [2.24, 2.45) is 0 Å². The predicted molar refractivity (Wildman–Crippen MR) is 104 cm³/mol. The molecule has 140 valence electrons. The van der Waals surface area contributed by atoms with Gasteiger partial charge in [-0.2, -0.15) is 9.78 Å². The summed E-state index contributed by atoms with van der Waals surface area (Å²) in [4.78, 5) is 21.3. The van der Waals surface area contributed by atoms with Crippen LogP contribution in [0.25, 0.3) is 5.95 Å². The maximum atomic E-state index is 13.6. The van der Waals surface area contributed by atoms with E-state index in [1.54, 1.807) is 36.7 Å². The summed E-state index contributed by atoms with van der Waals surface area (Å²) >= 11 is 1.31. The Balaban J connectivity index is 1.67. The van der Waals surface area contributed by atoms with E-state index in [0.717, 1.165) is 5.69 Å². The van der Waals surface area contributed by atoms with E-state index >= 15 is 0 Å². The number of halogens is 1. The van der Waals surface area contributed by atoms with Crippen LogP contribution in [0.5, 0.6) is 0 Å². The molecule has 0 saturated carbocycles. The highest BCUT2D eigenvalue weighted by Gasteiger charge is 2.16. The summed E-state index contributed by atoms with van der Waals surface area (Å²) in [5.41, 5.74) is 0.832. The fourth-order valence-corrected chi connectivity index (χ4v) is 3.23. The third-order valence-corrected chi connectivity index (χ3v) is 4.80. The zero-order chi connectivity index (χ0) is 19.2. The van der Waals surface area contributed by atoms with Crippen molar-refractivity contribution in [3.63, 3.8) is 0 Å². The molecule has 0 unspecified atom stereocenters. The number of carbonyl (C=O) groups is 1. The molecule has 0 atom stereocenters. The highest BCUT2D eigenvalue weighted by Crippen LogP contribution is 2.23. The monoisotopic (exact) mass is 385 g/mol. The Kier molecular flexibility index (Phi) is 6.18. The minimum absolute atomic E-state index is 0.175. The fourth-order valence-electron chi connectivity index (χ4n) is 2.34. The first-order valence-corrected chi connectivity index (χ1v) is 9.57. The molecule has 0 aliphatic heterocycles. The fraction of sp³-hybridized carbons (Fsp3) is 0.263. The van der Waals surface area contributed by atoms with Crippen LogP contribution in [-0.2, 0) is 4.79 Å². The van der Waals surface area contributed by atoms with Crippen LogP contribution in [0.3, 0.4) is 0 Å². The lowest BCUT2D eigenvalue weighted by atomic mass is 10.1. The van der Waals surface area contributed by atoms with E-state index in [9.17, 15) is 9.18 Å². The Labute approximate surface area is 161 Å². The van der Waals surface area contributed by atoms with Crippen molar-refractivity contribution in [2.75, 3.05) is 11.1 Å². The van der Waals surface area contributed by atoms with Gasteiger partial charge in [-0.3, -0.25) is 4.79 Å². The lowest BCUT2D eigenvalue weighted by molar-refractivity contribution is -0.115. The molecule has 0 spiro atoms. The van der Waals surface area contributed by atoms with E-state index in [1.807, 2.05) is 19.9 Å². The van der Waals surface area contributed by atoms with Gasteiger partial charge in [0.1, 0.15) is 11.6 Å². The Bertz CT molecular complexity index is 913. The van der Waals surface area contributed by atoms with E-state index in [2.05, 4.69) is 20.4 Å². The molecule has 3 rings (SSSR count). The number of rotatable bonds is 7. The standard InChI is InChI=1S/C19H20FN5OS/c1-13(2)15-12-17(25(24-15)19-21-9-5-10-22-19)23-18(26)8-11-27-16-7-4-3-6-14(16)20/h3-7,9-10,12-13H,8,11H2,1-2H3,(H,23,26). The molecule has 8 heteroatoms. The maximum Gasteiger partial charge on any atom is 0.252 e. The molecule has 1 amide bonds. The zero-order valence-corrected chi connectivity index (χ0v) is 15.9. The van der Waals surface area contributed by atoms with Crippen LogP contribution in [0.4, 0.5) is 10.2 Å². The number of hydrogen-bond acceptors (Lipinski definition) is 5. The minimum atomic E-state index is -0.274. The second-order valence-corrected chi connectivity index (χ2v) is 7.28. The minimum Gasteiger partial charge on any atom is -0.310 e. The number of anilines is 1.